The molecule has 1 spiro atoms. The van der Waals surface area contributed by atoms with Gasteiger partial charge in [0.15, 0.2) is 5.82 Å². The van der Waals surface area contributed by atoms with E-state index in [1.165, 1.54) is 48.0 Å². The minimum Gasteiger partial charge on any atom is -0.457 e. The number of fused-ring (bicyclic) bond motifs is 12. The monoisotopic (exact) mass is 820 g/mol. The second kappa shape index (κ2) is 14.1. The Kier molecular flexibility index (Phi) is 7.99. The van der Waals surface area contributed by atoms with Crippen LogP contribution in [0.5, 0.6) is 11.5 Å². The molecule has 0 amide bonds. The van der Waals surface area contributed by atoms with Crippen molar-refractivity contribution in [1.82, 2.24) is 9.97 Å². The van der Waals surface area contributed by atoms with Crippen LogP contribution in [-0.2, 0) is 5.41 Å². The Hall–Kier alpha value is -7.92. The van der Waals surface area contributed by atoms with Gasteiger partial charge in [0.05, 0.1) is 16.8 Å². The van der Waals surface area contributed by atoms with Crippen molar-refractivity contribution in [3.63, 3.8) is 0 Å². The van der Waals surface area contributed by atoms with Crippen LogP contribution in [0.25, 0.3) is 87.5 Å². The van der Waals surface area contributed by atoms with Gasteiger partial charge in [-0.05, 0) is 99.1 Å². The molecule has 0 radical (unpaired) electrons. The molecule has 2 aromatic heterocycles. The van der Waals surface area contributed by atoms with E-state index in [-0.39, 0.29) is 0 Å². The lowest BCUT2D eigenvalue weighted by Gasteiger charge is -2.39. The molecule has 294 valence electrons. The van der Waals surface area contributed by atoms with Crippen molar-refractivity contribution in [1.29, 1.82) is 0 Å². The van der Waals surface area contributed by atoms with E-state index in [9.17, 15) is 0 Å². The second-order valence-corrected chi connectivity index (χ2v) is 17.5. The Morgan fingerprint density at radius 1 is 0.333 bits per heavy atom. The Bertz CT molecular complexity index is 3550. The molecule has 0 saturated heterocycles. The van der Waals surface area contributed by atoms with E-state index in [0.29, 0.717) is 5.82 Å². The van der Waals surface area contributed by atoms with Gasteiger partial charge in [-0.25, -0.2) is 9.97 Å². The van der Waals surface area contributed by atoms with Crippen LogP contribution < -0.4 is 4.74 Å². The maximum Gasteiger partial charge on any atom is 0.160 e. The van der Waals surface area contributed by atoms with E-state index in [1.54, 1.807) is 0 Å². The number of thiophene rings is 1. The molecule has 3 nitrogen and oxygen atoms in total. The first kappa shape index (κ1) is 35.8. The summed E-state index contributed by atoms with van der Waals surface area (Å²) in [5.74, 6) is 2.48. The van der Waals surface area contributed by atoms with Crippen molar-refractivity contribution >= 4 is 31.5 Å². The van der Waals surface area contributed by atoms with Crippen molar-refractivity contribution < 1.29 is 4.74 Å². The number of nitrogens with zero attached hydrogens (tertiary/aromatic N) is 2. The highest BCUT2D eigenvalue weighted by Crippen LogP contribution is 2.63. The largest absolute Gasteiger partial charge is 0.457 e. The smallest absolute Gasteiger partial charge is 0.160 e. The number of aromatic nitrogens is 2. The minimum absolute atomic E-state index is 0.579. The van der Waals surface area contributed by atoms with Crippen LogP contribution in [0.1, 0.15) is 22.3 Å². The SMILES string of the molecule is c1ccc(-c2cc(-c3cccc(-c4cccc(-c5ccc6c(c5)C5(c7ccccc7O6)c6ccccc6-c6cc7sc8ccccc8c7cc65)c4)c3)nc(-c3ccccc3)n2)cc1. The molecule has 4 heteroatoms. The second-order valence-electron chi connectivity index (χ2n) is 16.5. The quantitative estimate of drug-likeness (QED) is 0.173. The molecule has 1 aliphatic heterocycles. The van der Waals surface area contributed by atoms with Crippen LogP contribution >= 0.6 is 11.3 Å². The van der Waals surface area contributed by atoms with Gasteiger partial charge in [0.1, 0.15) is 11.5 Å². The molecule has 63 heavy (non-hydrogen) atoms. The average molecular weight is 821 g/mol. The summed E-state index contributed by atoms with van der Waals surface area (Å²) < 4.78 is 9.46. The molecule has 0 N–H and O–H groups in total. The van der Waals surface area contributed by atoms with Crippen molar-refractivity contribution in [3.8, 4) is 78.8 Å². The lowest BCUT2D eigenvalue weighted by molar-refractivity contribution is 0.436. The molecule has 0 bridgehead atoms. The zero-order valence-electron chi connectivity index (χ0n) is 34.0. The fraction of sp³-hybridized carbons (Fsp3) is 0.0169. The molecule has 11 aromatic rings. The molecular weight excluding hydrogens is 785 g/mol. The van der Waals surface area contributed by atoms with E-state index < -0.39 is 5.41 Å². The zero-order valence-corrected chi connectivity index (χ0v) is 34.8. The maximum absolute atomic E-state index is 6.84. The van der Waals surface area contributed by atoms with Crippen molar-refractivity contribution in [2.45, 2.75) is 5.41 Å². The summed E-state index contributed by atoms with van der Waals surface area (Å²) in [7, 11) is 0. The highest BCUT2D eigenvalue weighted by molar-refractivity contribution is 7.25. The number of benzene rings is 9. The summed E-state index contributed by atoms with van der Waals surface area (Å²) in [6, 6.07) is 78.4. The summed E-state index contributed by atoms with van der Waals surface area (Å²) >= 11 is 1.88. The van der Waals surface area contributed by atoms with Gasteiger partial charge in [-0.1, -0.05) is 164 Å². The molecule has 0 fully saturated rings. The zero-order chi connectivity index (χ0) is 41.5. The van der Waals surface area contributed by atoms with E-state index in [1.807, 2.05) is 35.6 Å². The lowest BCUT2D eigenvalue weighted by atomic mass is 9.65. The third kappa shape index (κ3) is 5.58. The fourth-order valence-corrected chi connectivity index (χ4v) is 11.2. The third-order valence-corrected chi connectivity index (χ3v) is 14.1. The van der Waals surface area contributed by atoms with Gasteiger partial charge in [0.25, 0.3) is 0 Å². The van der Waals surface area contributed by atoms with Gasteiger partial charge in [-0.3, -0.25) is 0 Å². The summed E-state index contributed by atoms with van der Waals surface area (Å²) in [6.07, 6.45) is 0. The Labute approximate surface area is 369 Å². The predicted molar refractivity (Wildman–Crippen MR) is 259 cm³/mol. The number of hydrogen-bond acceptors (Lipinski definition) is 4. The number of hydrogen-bond donors (Lipinski definition) is 0. The summed E-state index contributed by atoms with van der Waals surface area (Å²) in [5.41, 5.74) is 16.3. The molecule has 9 aromatic carbocycles. The first-order chi connectivity index (χ1) is 31.2. The van der Waals surface area contributed by atoms with Gasteiger partial charge >= 0.3 is 0 Å². The van der Waals surface area contributed by atoms with Crippen LogP contribution in [0.3, 0.4) is 0 Å². The number of para-hydroxylation sites is 1. The molecular formula is C59H36N2OS. The number of ether oxygens (including phenoxy) is 1. The molecule has 1 unspecified atom stereocenters. The normalized spacial score (nSPS) is 14.5. The highest BCUT2D eigenvalue weighted by Gasteiger charge is 2.51. The first-order valence-corrected chi connectivity index (χ1v) is 22.2. The van der Waals surface area contributed by atoms with Crippen LogP contribution in [0.15, 0.2) is 218 Å². The summed E-state index contributed by atoms with van der Waals surface area (Å²) in [5, 5.41) is 2.60. The van der Waals surface area contributed by atoms with Gasteiger partial charge < -0.3 is 4.74 Å². The van der Waals surface area contributed by atoms with Crippen LogP contribution in [0.2, 0.25) is 0 Å². The summed E-state index contributed by atoms with van der Waals surface area (Å²) in [4.78, 5) is 10.2. The third-order valence-electron chi connectivity index (χ3n) is 13.0. The topological polar surface area (TPSA) is 35.0 Å². The van der Waals surface area contributed by atoms with E-state index in [0.717, 1.165) is 67.4 Å². The van der Waals surface area contributed by atoms with E-state index in [2.05, 4.69) is 194 Å². The minimum atomic E-state index is -0.579. The predicted octanol–water partition coefficient (Wildman–Crippen LogP) is 15.6. The Morgan fingerprint density at radius 2 is 0.921 bits per heavy atom. The number of rotatable bonds is 5. The van der Waals surface area contributed by atoms with Gasteiger partial charge in [0, 0.05) is 48.0 Å². The van der Waals surface area contributed by atoms with Gasteiger partial charge in [-0.15, -0.1) is 11.3 Å². The van der Waals surface area contributed by atoms with E-state index in [4.69, 9.17) is 14.7 Å². The lowest BCUT2D eigenvalue weighted by Crippen LogP contribution is -2.32. The van der Waals surface area contributed by atoms with Gasteiger partial charge in [0.2, 0.25) is 0 Å². The highest BCUT2D eigenvalue weighted by atomic mass is 32.1. The van der Waals surface area contributed by atoms with Crippen LogP contribution in [0.4, 0.5) is 0 Å². The van der Waals surface area contributed by atoms with Crippen molar-refractivity contribution in [3.05, 3.63) is 241 Å². The average Bonchev–Trinajstić information content (AvgIpc) is 3.86. The first-order valence-electron chi connectivity index (χ1n) is 21.4. The van der Waals surface area contributed by atoms with Crippen LogP contribution in [-0.4, -0.2) is 9.97 Å². The van der Waals surface area contributed by atoms with Crippen LogP contribution in [0, 0.1) is 0 Å². The van der Waals surface area contributed by atoms with Crippen molar-refractivity contribution in [2.75, 3.05) is 0 Å². The Balaban J connectivity index is 0.955. The molecule has 13 rings (SSSR count). The molecule has 1 aliphatic carbocycles. The molecule has 2 aliphatic rings. The van der Waals surface area contributed by atoms with Crippen molar-refractivity contribution in [2.24, 2.45) is 0 Å². The molecule has 3 heterocycles. The summed E-state index contributed by atoms with van der Waals surface area (Å²) in [6.45, 7) is 0. The molecule has 1 atom stereocenters. The fourth-order valence-electron chi connectivity index (χ4n) is 10.1. The maximum atomic E-state index is 6.84. The molecule has 0 saturated carbocycles. The van der Waals surface area contributed by atoms with Gasteiger partial charge in [-0.2, -0.15) is 0 Å². The van der Waals surface area contributed by atoms with E-state index >= 15 is 0 Å². The Morgan fingerprint density at radius 3 is 1.71 bits per heavy atom. The standard InChI is InChI=1S/C59H36N2OS/c1-3-15-37(16-4-1)52-36-53(61-58(60-52)38-17-5-2-6-18-38)43-22-14-21-41(32-43)39-19-13-20-40(31-39)42-29-30-55-51(33-42)59(49-26-10-11-27-54(49)62-55)48-25-9-7-23-44(48)46-35-57-47(34-50(46)59)45-24-8-12-28-56(45)63-57/h1-36H.